The second-order valence-electron chi connectivity index (χ2n) is 12.6. The fraction of sp³-hybridized carbons (Fsp3) is 0.273. The maximum Gasteiger partial charge on any atom is 0.0493 e. The summed E-state index contributed by atoms with van der Waals surface area (Å²) in [6, 6.07) is 51.6. The standard InChI is InChI=1S/C44H49N3/c1-4-7-32-45(38-18-11-9-12-19-38)40-27-23-35(24-28-40)44(43-34-37-17-15-16-22-42(37)47(43)31-6-3)36-25-29-41(30-26-36)46(33-8-5-2)39-20-13-10-14-21-39/h9-30,34,44H,4-8,31-33H2,1-3H3. The van der Waals surface area contributed by atoms with Gasteiger partial charge in [-0.1, -0.05) is 112 Å². The quantitative estimate of drug-likeness (QED) is 0.113. The number of unbranched alkanes of at least 4 members (excludes halogenated alkanes) is 2. The Morgan fingerprint density at radius 2 is 0.936 bits per heavy atom. The molecule has 0 unspecified atom stereocenters. The Morgan fingerprint density at radius 1 is 0.489 bits per heavy atom. The first-order valence-corrected chi connectivity index (χ1v) is 17.6. The molecule has 47 heavy (non-hydrogen) atoms. The molecule has 0 radical (unpaired) electrons. The van der Waals surface area contributed by atoms with Crippen LogP contribution in [0.3, 0.4) is 0 Å². The summed E-state index contributed by atoms with van der Waals surface area (Å²) >= 11 is 0. The molecule has 0 aliphatic heterocycles. The fourth-order valence-corrected chi connectivity index (χ4v) is 6.83. The summed E-state index contributed by atoms with van der Waals surface area (Å²) in [4.78, 5) is 4.92. The Labute approximate surface area is 282 Å². The Bertz CT molecular complexity index is 1710. The first-order valence-electron chi connectivity index (χ1n) is 17.6. The van der Waals surface area contributed by atoms with Gasteiger partial charge in [0.2, 0.25) is 0 Å². The van der Waals surface area contributed by atoms with Gasteiger partial charge in [0, 0.05) is 59.5 Å². The lowest BCUT2D eigenvalue weighted by molar-refractivity contribution is 0.660. The van der Waals surface area contributed by atoms with Gasteiger partial charge in [0.15, 0.2) is 0 Å². The highest BCUT2D eigenvalue weighted by Crippen LogP contribution is 2.38. The van der Waals surface area contributed by atoms with Gasteiger partial charge in [-0.15, -0.1) is 0 Å². The van der Waals surface area contributed by atoms with Crippen LogP contribution in [-0.2, 0) is 6.54 Å². The van der Waals surface area contributed by atoms with Crippen LogP contribution in [0.15, 0.2) is 140 Å². The van der Waals surface area contributed by atoms with Crippen LogP contribution in [0, 0.1) is 0 Å². The van der Waals surface area contributed by atoms with Crippen molar-refractivity contribution in [1.29, 1.82) is 0 Å². The highest BCUT2D eigenvalue weighted by molar-refractivity contribution is 5.82. The lowest BCUT2D eigenvalue weighted by atomic mass is 9.87. The molecule has 0 spiro atoms. The molecule has 6 rings (SSSR count). The average Bonchev–Trinajstić information content (AvgIpc) is 3.48. The number of benzene rings is 5. The molecule has 0 saturated heterocycles. The molecule has 0 aliphatic rings. The molecule has 6 aromatic rings. The number of para-hydroxylation sites is 3. The monoisotopic (exact) mass is 619 g/mol. The van der Waals surface area contributed by atoms with Crippen LogP contribution in [-0.4, -0.2) is 17.7 Å². The van der Waals surface area contributed by atoms with E-state index in [9.17, 15) is 0 Å². The van der Waals surface area contributed by atoms with Crippen molar-refractivity contribution in [2.75, 3.05) is 22.9 Å². The van der Waals surface area contributed by atoms with E-state index in [1.807, 2.05) is 0 Å². The molecule has 1 heterocycles. The lowest BCUT2D eigenvalue weighted by Crippen LogP contribution is -2.19. The van der Waals surface area contributed by atoms with Crippen LogP contribution in [0.4, 0.5) is 22.7 Å². The van der Waals surface area contributed by atoms with Crippen molar-refractivity contribution in [3.05, 3.63) is 156 Å². The number of aryl methyl sites for hydroxylation is 1. The summed E-state index contributed by atoms with van der Waals surface area (Å²) in [7, 11) is 0. The number of rotatable bonds is 15. The Balaban J connectivity index is 1.43. The minimum atomic E-state index is 0.110. The molecule has 0 bridgehead atoms. The predicted octanol–water partition coefficient (Wildman–Crippen LogP) is 12.1. The SMILES string of the molecule is CCCCN(c1ccccc1)c1ccc(C(c2ccc(N(CCCC)c3ccccc3)cc2)c2cc3ccccc3n2CCC)cc1. The van der Waals surface area contributed by atoms with Gasteiger partial charge in [-0.2, -0.15) is 0 Å². The largest absolute Gasteiger partial charge is 0.344 e. The summed E-state index contributed by atoms with van der Waals surface area (Å²) in [5.74, 6) is 0.110. The van der Waals surface area contributed by atoms with Crippen molar-refractivity contribution >= 4 is 33.7 Å². The first kappa shape index (κ1) is 32.2. The molecule has 0 atom stereocenters. The van der Waals surface area contributed by atoms with E-state index in [2.05, 4.69) is 175 Å². The molecule has 0 N–H and O–H groups in total. The van der Waals surface area contributed by atoms with Crippen LogP contribution in [0.5, 0.6) is 0 Å². The van der Waals surface area contributed by atoms with E-state index in [1.165, 1.54) is 63.3 Å². The van der Waals surface area contributed by atoms with E-state index in [0.29, 0.717) is 0 Å². The second-order valence-corrected chi connectivity index (χ2v) is 12.6. The van der Waals surface area contributed by atoms with Crippen LogP contribution in [0.2, 0.25) is 0 Å². The molecular weight excluding hydrogens is 571 g/mol. The maximum atomic E-state index is 2.55. The van der Waals surface area contributed by atoms with Crippen molar-refractivity contribution in [2.24, 2.45) is 0 Å². The maximum absolute atomic E-state index is 2.55. The zero-order valence-electron chi connectivity index (χ0n) is 28.4. The highest BCUT2D eigenvalue weighted by Gasteiger charge is 2.23. The average molecular weight is 620 g/mol. The van der Waals surface area contributed by atoms with Crippen molar-refractivity contribution in [1.82, 2.24) is 4.57 Å². The van der Waals surface area contributed by atoms with Gasteiger partial charge in [-0.25, -0.2) is 0 Å². The summed E-state index contributed by atoms with van der Waals surface area (Å²) < 4.78 is 2.55. The number of hydrogen-bond donors (Lipinski definition) is 0. The third-order valence-corrected chi connectivity index (χ3v) is 9.27. The summed E-state index contributed by atoms with van der Waals surface area (Å²) in [5, 5.41) is 1.30. The van der Waals surface area contributed by atoms with Crippen LogP contribution < -0.4 is 9.80 Å². The third-order valence-electron chi connectivity index (χ3n) is 9.27. The molecular formula is C44H49N3. The van der Waals surface area contributed by atoms with E-state index in [0.717, 1.165) is 38.9 Å². The minimum absolute atomic E-state index is 0.110. The molecule has 3 heteroatoms. The normalized spacial score (nSPS) is 11.3. The molecule has 5 aromatic carbocycles. The zero-order valence-corrected chi connectivity index (χ0v) is 28.4. The van der Waals surface area contributed by atoms with Crippen LogP contribution in [0.25, 0.3) is 10.9 Å². The Morgan fingerprint density at radius 3 is 1.40 bits per heavy atom. The van der Waals surface area contributed by atoms with Gasteiger partial charge in [0.25, 0.3) is 0 Å². The first-order chi connectivity index (χ1) is 23.2. The fourth-order valence-electron chi connectivity index (χ4n) is 6.83. The van der Waals surface area contributed by atoms with Gasteiger partial charge in [0.1, 0.15) is 0 Å². The number of nitrogens with zero attached hydrogens (tertiary/aromatic N) is 3. The van der Waals surface area contributed by atoms with Gasteiger partial charge < -0.3 is 14.4 Å². The topological polar surface area (TPSA) is 11.4 Å². The minimum Gasteiger partial charge on any atom is -0.344 e. The van der Waals surface area contributed by atoms with Crippen LogP contribution >= 0.6 is 0 Å². The second kappa shape index (κ2) is 15.7. The highest BCUT2D eigenvalue weighted by atomic mass is 15.1. The van der Waals surface area contributed by atoms with Gasteiger partial charge in [-0.05, 0) is 96.4 Å². The smallest absolute Gasteiger partial charge is 0.0493 e. The molecule has 0 amide bonds. The summed E-state index contributed by atoms with van der Waals surface area (Å²) in [6.07, 6.45) is 5.73. The van der Waals surface area contributed by atoms with Crippen molar-refractivity contribution < 1.29 is 0 Å². The Kier molecular flexibility index (Phi) is 10.7. The summed E-state index contributed by atoms with van der Waals surface area (Å²) in [6.45, 7) is 9.81. The lowest BCUT2D eigenvalue weighted by Gasteiger charge is -2.27. The van der Waals surface area contributed by atoms with E-state index in [1.54, 1.807) is 0 Å². The molecule has 0 aliphatic carbocycles. The molecule has 0 fully saturated rings. The number of aromatic nitrogens is 1. The van der Waals surface area contributed by atoms with E-state index < -0.39 is 0 Å². The molecule has 1 aromatic heterocycles. The van der Waals surface area contributed by atoms with E-state index in [4.69, 9.17) is 0 Å². The van der Waals surface area contributed by atoms with Gasteiger partial charge in [0.05, 0.1) is 0 Å². The molecule has 240 valence electrons. The van der Waals surface area contributed by atoms with Crippen LogP contribution in [0.1, 0.15) is 75.6 Å². The number of anilines is 4. The summed E-state index contributed by atoms with van der Waals surface area (Å²) in [5.41, 5.74) is 10.3. The predicted molar refractivity (Wildman–Crippen MR) is 203 cm³/mol. The molecule has 3 nitrogen and oxygen atoms in total. The zero-order chi connectivity index (χ0) is 32.4. The van der Waals surface area contributed by atoms with Crippen molar-refractivity contribution in [3.63, 3.8) is 0 Å². The van der Waals surface area contributed by atoms with Gasteiger partial charge in [-0.3, -0.25) is 0 Å². The number of fused-ring (bicyclic) bond motifs is 1. The van der Waals surface area contributed by atoms with E-state index >= 15 is 0 Å². The van der Waals surface area contributed by atoms with Crippen molar-refractivity contribution in [2.45, 2.75) is 65.3 Å². The van der Waals surface area contributed by atoms with Gasteiger partial charge >= 0.3 is 0 Å². The Hall–Kier alpha value is -4.76. The van der Waals surface area contributed by atoms with E-state index in [-0.39, 0.29) is 5.92 Å². The number of hydrogen-bond acceptors (Lipinski definition) is 2. The third kappa shape index (κ3) is 7.30. The molecule has 0 saturated carbocycles. The van der Waals surface area contributed by atoms with Crippen molar-refractivity contribution in [3.8, 4) is 0 Å².